The van der Waals surface area contributed by atoms with Crippen LogP contribution in [0.2, 0.25) is 5.02 Å². The summed E-state index contributed by atoms with van der Waals surface area (Å²) < 4.78 is 5.22. The second-order valence-electron chi connectivity index (χ2n) is 5.53. The quantitative estimate of drug-likeness (QED) is 0.767. The number of nitrogens with one attached hydrogen (secondary N) is 1. The molecule has 0 aliphatic heterocycles. The number of ether oxygens (including phenoxy) is 1. The van der Waals surface area contributed by atoms with Crippen LogP contribution in [0.1, 0.15) is 24.2 Å². The Labute approximate surface area is 153 Å². The molecule has 1 atom stereocenters. The Bertz CT molecular complexity index is 681. The minimum absolute atomic E-state index is 0.0190. The summed E-state index contributed by atoms with van der Waals surface area (Å²) in [6.45, 7) is 5.30. The molecule has 1 N–H and O–H groups in total. The smallest absolute Gasteiger partial charge is 0.174 e. The molecule has 0 aliphatic carbocycles. The highest BCUT2D eigenvalue weighted by atomic mass is 35.5. The van der Waals surface area contributed by atoms with E-state index < -0.39 is 0 Å². The van der Waals surface area contributed by atoms with Gasteiger partial charge in [0.25, 0.3) is 0 Å². The lowest BCUT2D eigenvalue weighted by molar-refractivity contribution is 0.164. The van der Waals surface area contributed by atoms with Gasteiger partial charge in [0.05, 0.1) is 29.1 Å². The first-order valence-electron chi connectivity index (χ1n) is 7.76. The summed E-state index contributed by atoms with van der Waals surface area (Å²) in [5, 5.41) is 4.48. The van der Waals surface area contributed by atoms with Crippen LogP contribution in [0, 0.1) is 6.92 Å². The highest BCUT2D eigenvalue weighted by Gasteiger charge is 2.20. The van der Waals surface area contributed by atoms with Crippen molar-refractivity contribution in [1.29, 1.82) is 0 Å². The number of thiocarbonyl (C=S) groups is 1. The van der Waals surface area contributed by atoms with Crippen LogP contribution in [-0.2, 0) is 4.74 Å². The molecule has 0 bridgehead atoms. The highest BCUT2D eigenvalue weighted by Crippen LogP contribution is 2.25. The van der Waals surface area contributed by atoms with Gasteiger partial charge in [0.1, 0.15) is 0 Å². The van der Waals surface area contributed by atoms with E-state index in [0.29, 0.717) is 23.3 Å². The van der Waals surface area contributed by atoms with Crippen molar-refractivity contribution in [3.63, 3.8) is 0 Å². The van der Waals surface area contributed by atoms with Gasteiger partial charge in [-0.1, -0.05) is 23.7 Å². The Morgan fingerprint density at radius 3 is 2.79 bits per heavy atom. The van der Waals surface area contributed by atoms with Crippen molar-refractivity contribution in [3.05, 3.63) is 58.9 Å². The molecule has 1 aromatic heterocycles. The molecule has 128 valence electrons. The summed E-state index contributed by atoms with van der Waals surface area (Å²) in [7, 11) is 1.68. The Morgan fingerprint density at radius 1 is 1.38 bits per heavy atom. The van der Waals surface area contributed by atoms with Crippen LogP contribution in [0.4, 0.5) is 5.69 Å². The number of aryl methyl sites for hydroxylation is 1. The minimum atomic E-state index is 0.0190. The van der Waals surface area contributed by atoms with Gasteiger partial charge < -0.3 is 15.0 Å². The third-order valence-electron chi connectivity index (χ3n) is 3.75. The number of rotatable bonds is 6. The summed E-state index contributed by atoms with van der Waals surface area (Å²) >= 11 is 11.9. The van der Waals surface area contributed by atoms with Crippen LogP contribution in [0.25, 0.3) is 0 Å². The normalized spacial score (nSPS) is 11.8. The molecule has 0 saturated carbocycles. The number of methoxy groups -OCH3 is 1. The topological polar surface area (TPSA) is 37.4 Å². The van der Waals surface area contributed by atoms with E-state index in [-0.39, 0.29) is 6.04 Å². The number of anilines is 1. The largest absolute Gasteiger partial charge is 0.383 e. The molecule has 0 radical (unpaired) electrons. The van der Waals surface area contributed by atoms with Crippen LogP contribution in [0.15, 0.2) is 42.6 Å². The van der Waals surface area contributed by atoms with Crippen LogP contribution >= 0.6 is 23.8 Å². The SMILES string of the molecule is COCCN(C(=S)Nc1ccc(C)cc1Cl)[C@@H](C)c1ccccn1. The zero-order chi connectivity index (χ0) is 17.5. The maximum Gasteiger partial charge on any atom is 0.174 e. The molecule has 1 heterocycles. The number of benzene rings is 1. The fraction of sp³-hybridized carbons (Fsp3) is 0.333. The van der Waals surface area contributed by atoms with Crippen LogP contribution in [0.5, 0.6) is 0 Å². The molecule has 0 amide bonds. The lowest BCUT2D eigenvalue weighted by Crippen LogP contribution is -2.39. The Hall–Kier alpha value is -1.69. The predicted octanol–water partition coefficient (Wildman–Crippen LogP) is 4.45. The third-order valence-corrected chi connectivity index (χ3v) is 4.40. The van der Waals surface area contributed by atoms with Crippen molar-refractivity contribution < 1.29 is 4.74 Å². The standard InChI is InChI=1S/C18H22ClN3OS/c1-13-7-8-17(15(19)12-13)21-18(24)22(10-11-23-3)14(2)16-6-4-5-9-20-16/h4-9,12,14H,10-11H2,1-3H3,(H,21,24)/t14-/m0/s1. The molecule has 2 rings (SSSR count). The van der Waals surface area contributed by atoms with Crippen molar-refractivity contribution in [2.45, 2.75) is 19.9 Å². The molecular formula is C18H22ClN3OS. The van der Waals surface area contributed by atoms with Gasteiger partial charge >= 0.3 is 0 Å². The summed E-state index contributed by atoms with van der Waals surface area (Å²) in [5.41, 5.74) is 2.85. The maximum atomic E-state index is 6.30. The van der Waals surface area contributed by atoms with Gasteiger partial charge in [-0.2, -0.15) is 0 Å². The van der Waals surface area contributed by atoms with Gasteiger partial charge in [0.15, 0.2) is 5.11 Å². The number of aromatic nitrogens is 1. The van der Waals surface area contributed by atoms with Crippen molar-refractivity contribution in [3.8, 4) is 0 Å². The second-order valence-corrected chi connectivity index (χ2v) is 6.32. The van der Waals surface area contributed by atoms with Crippen molar-refractivity contribution in [1.82, 2.24) is 9.88 Å². The van der Waals surface area contributed by atoms with E-state index in [4.69, 9.17) is 28.6 Å². The lowest BCUT2D eigenvalue weighted by atomic mass is 10.2. The van der Waals surface area contributed by atoms with Gasteiger partial charge in [-0.15, -0.1) is 0 Å². The van der Waals surface area contributed by atoms with Crippen LogP contribution < -0.4 is 5.32 Å². The number of hydrogen-bond donors (Lipinski definition) is 1. The van der Waals surface area contributed by atoms with E-state index in [1.165, 1.54) is 0 Å². The third kappa shape index (κ3) is 4.90. The van der Waals surface area contributed by atoms with Gasteiger partial charge in [0.2, 0.25) is 0 Å². The first-order valence-corrected chi connectivity index (χ1v) is 8.55. The first-order chi connectivity index (χ1) is 11.5. The molecule has 0 fully saturated rings. The predicted molar refractivity (Wildman–Crippen MR) is 104 cm³/mol. The minimum Gasteiger partial charge on any atom is -0.383 e. The maximum absolute atomic E-state index is 6.30. The molecule has 1 aromatic carbocycles. The number of pyridine rings is 1. The fourth-order valence-electron chi connectivity index (χ4n) is 2.35. The highest BCUT2D eigenvalue weighted by molar-refractivity contribution is 7.80. The average molecular weight is 364 g/mol. The number of halogens is 1. The van der Waals surface area contributed by atoms with Gasteiger partial charge in [0, 0.05) is 19.9 Å². The zero-order valence-corrected chi connectivity index (χ0v) is 15.7. The lowest BCUT2D eigenvalue weighted by Gasteiger charge is -2.31. The second kappa shape index (κ2) is 8.97. The van der Waals surface area contributed by atoms with Crippen molar-refractivity contribution in [2.24, 2.45) is 0 Å². The van der Waals surface area contributed by atoms with Crippen molar-refractivity contribution >= 4 is 34.6 Å². The molecule has 0 saturated heterocycles. The molecule has 2 aromatic rings. The number of hydrogen-bond acceptors (Lipinski definition) is 3. The molecule has 24 heavy (non-hydrogen) atoms. The van der Waals surface area contributed by atoms with Crippen LogP contribution in [-0.4, -0.2) is 35.3 Å². The van der Waals surface area contributed by atoms with E-state index in [2.05, 4.69) is 22.1 Å². The Kier molecular flexibility index (Phi) is 6.97. The summed E-state index contributed by atoms with van der Waals surface area (Å²) in [4.78, 5) is 6.48. The first kappa shape index (κ1) is 18.6. The molecule has 4 nitrogen and oxygen atoms in total. The summed E-state index contributed by atoms with van der Waals surface area (Å²) in [6, 6.07) is 11.7. The Morgan fingerprint density at radius 2 is 2.17 bits per heavy atom. The monoisotopic (exact) mass is 363 g/mol. The van der Waals surface area contributed by atoms with E-state index in [1.54, 1.807) is 13.3 Å². The van der Waals surface area contributed by atoms with E-state index >= 15 is 0 Å². The van der Waals surface area contributed by atoms with Crippen molar-refractivity contribution in [2.75, 3.05) is 25.6 Å². The molecular weight excluding hydrogens is 342 g/mol. The van der Waals surface area contributed by atoms with E-state index in [1.807, 2.05) is 43.3 Å². The molecule has 0 aliphatic rings. The van der Waals surface area contributed by atoms with Gasteiger partial charge in [-0.05, 0) is 55.9 Å². The molecule has 0 unspecified atom stereocenters. The summed E-state index contributed by atoms with van der Waals surface area (Å²) in [5.74, 6) is 0. The van der Waals surface area contributed by atoms with E-state index in [9.17, 15) is 0 Å². The molecule has 0 spiro atoms. The van der Waals surface area contributed by atoms with Gasteiger partial charge in [-0.3, -0.25) is 4.98 Å². The average Bonchev–Trinajstić information content (AvgIpc) is 2.58. The van der Waals surface area contributed by atoms with E-state index in [0.717, 1.165) is 16.9 Å². The summed E-state index contributed by atoms with van der Waals surface area (Å²) in [6.07, 6.45) is 1.79. The molecule has 6 heteroatoms. The van der Waals surface area contributed by atoms with Crippen LogP contribution in [0.3, 0.4) is 0 Å². The zero-order valence-electron chi connectivity index (χ0n) is 14.1. The van der Waals surface area contributed by atoms with Gasteiger partial charge in [-0.25, -0.2) is 0 Å². The fourth-order valence-corrected chi connectivity index (χ4v) is 2.99. The number of nitrogens with zero attached hydrogens (tertiary/aromatic N) is 2. The Balaban J connectivity index is 2.18.